The van der Waals surface area contributed by atoms with Crippen LogP contribution >= 0.6 is 11.3 Å². The van der Waals surface area contributed by atoms with E-state index in [1.807, 2.05) is 20.9 Å². The van der Waals surface area contributed by atoms with E-state index < -0.39 is 5.54 Å². The number of nitrogen functional groups attached to an aromatic ring is 1. The van der Waals surface area contributed by atoms with Gasteiger partial charge >= 0.3 is 0 Å². The average Bonchev–Trinajstić information content (AvgIpc) is 2.68. The lowest BCUT2D eigenvalue weighted by molar-refractivity contribution is -0.127. The van der Waals surface area contributed by atoms with Gasteiger partial charge in [0.25, 0.3) is 0 Å². The van der Waals surface area contributed by atoms with Crippen LogP contribution in [0.2, 0.25) is 0 Å². The Hall–Kier alpha value is -1.21. The van der Waals surface area contributed by atoms with Crippen LogP contribution in [0.4, 0.5) is 5.13 Å². The van der Waals surface area contributed by atoms with Crippen LogP contribution in [0, 0.1) is 0 Å². The zero-order chi connectivity index (χ0) is 14.8. The molecule has 0 aliphatic carbocycles. The minimum absolute atomic E-state index is 0.0537. The van der Waals surface area contributed by atoms with Crippen LogP contribution in [0.1, 0.15) is 44.5 Å². The van der Waals surface area contributed by atoms with Crippen LogP contribution in [0.25, 0.3) is 0 Å². The van der Waals surface area contributed by atoms with Crippen LogP contribution in [-0.4, -0.2) is 40.6 Å². The summed E-state index contributed by atoms with van der Waals surface area (Å²) in [5.74, 6) is 0.0631. The molecule has 0 saturated carbocycles. The van der Waals surface area contributed by atoms with Gasteiger partial charge in [0.15, 0.2) is 0 Å². The van der Waals surface area contributed by atoms with E-state index in [0.717, 1.165) is 30.8 Å². The van der Waals surface area contributed by atoms with Crippen LogP contribution in [0.3, 0.4) is 0 Å². The Bertz CT molecular complexity index is 473. The molecule has 0 aromatic carbocycles. The van der Waals surface area contributed by atoms with Gasteiger partial charge in [-0.3, -0.25) is 9.69 Å². The van der Waals surface area contributed by atoms with Gasteiger partial charge in [0, 0.05) is 0 Å². The van der Waals surface area contributed by atoms with Crippen molar-refractivity contribution in [2.24, 2.45) is 0 Å². The molecule has 1 aromatic rings. The third kappa shape index (κ3) is 3.46. The molecule has 1 aliphatic rings. The molecular formula is C13H23N5OS. The van der Waals surface area contributed by atoms with E-state index in [2.05, 4.69) is 20.4 Å². The molecule has 2 rings (SSSR count). The van der Waals surface area contributed by atoms with Gasteiger partial charge < -0.3 is 11.1 Å². The summed E-state index contributed by atoms with van der Waals surface area (Å²) >= 11 is 1.32. The molecule has 2 heterocycles. The molecular weight excluding hydrogens is 274 g/mol. The number of aromatic nitrogens is 2. The zero-order valence-electron chi connectivity index (χ0n) is 12.3. The number of amides is 1. The number of nitrogens with two attached hydrogens (primary N) is 1. The zero-order valence-corrected chi connectivity index (χ0v) is 13.2. The number of likely N-dealkylation sites (tertiary alicyclic amines) is 1. The largest absolute Gasteiger partial charge is 0.374 e. The number of carbonyl (C=O) groups excluding carboxylic acids is 1. The first-order chi connectivity index (χ1) is 9.40. The summed E-state index contributed by atoms with van der Waals surface area (Å²) in [5.41, 5.74) is 5.07. The van der Waals surface area contributed by atoms with Gasteiger partial charge in [0.2, 0.25) is 11.0 Å². The summed E-state index contributed by atoms with van der Waals surface area (Å²) in [6, 6.07) is -0.0537. The van der Waals surface area contributed by atoms with E-state index in [-0.39, 0.29) is 11.9 Å². The Morgan fingerprint density at radius 3 is 2.80 bits per heavy atom. The molecule has 0 radical (unpaired) electrons. The lowest BCUT2D eigenvalue weighted by Gasteiger charge is -2.30. The van der Waals surface area contributed by atoms with Crippen molar-refractivity contribution in [2.45, 2.75) is 51.1 Å². The van der Waals surface area contributed by atoms with Gasteiger partial charge in [-0.1, -0.05) is 24.2 Å². The predicted molar refractivity (Wildman–Crippen MR) is 80.4 cm³/mol. The number of hydrogen-bond acceptors (Lipinski definition) is 6. The van der Waals surface area contributed by atoms with Crippen LogP contribution in [-0.2, 0) is 10.3 Å². The van der Waals surface area contributed by atoms with Crippen LogP contribution in [0.15, 0.2) is 0 Å². The third-order valence-electron chi connectivity index (χ3n) is 3.73. The quantitative estimate of drug-likeness (QED) is 0.879. The second-order valence-electron chi connectivity index (χ2n) is 5.91. The minimum atomic E-state index is -0.542. The number of carbonyl (C=O) groups is 1. The molecule has 112 valence electrons. The number of nitrogens with one attached hydrogen (secondary N) is 1. The highest BCUT2D eigenvalue weighted by Gasteiger charge is 2.32. The molecule has 1 atom stereocenters. The Balaban J connectivity index is 2.05. The van der Waals surface area contributed by atoms with Crippen molar-refractivity contribution in [1.29, 1.82) is 0 Å². The first kappa shape index (κ1) is 15.2. The maximum atomic E-state index is 12.5. The average molecular weight is 297 g/mol. The molecule has 1 saturated heterocycles. The molecule has 6 nitrogen and oxygen atoms in total. The SMILES string of the molecule is CN1CCCCC[C@H]1C(=O)NC(C)(C)c1nnc(N)s1. The van der Waals surface area contributed by atoms with Gasteiger partial charge in [0.1, 0.15) is 5.01 Å². The summed E-state index contributed by atoms with van der Waals surface area (Å²) in [4.78, 5) is 14.7. The second kappa shape index (κ2) is 6.05. The fraction of sp³-hybridized carbons (Fsp3) is 0.769. The van der Waals surface area contributed by atoms with Crippen LogP contribution in [0.5, 0.6) is 0 Å². The predicted octanol–water partition coefficient (Wildman–Crippen LogP) is 1.35. The molecule has 1 aromatic heterocycles. The molecule has 3 N–H and O–H groups in total. The summed E-state index contributed by atoms with van der Waals surface area (Å²) in [6.45, 7) is 4.84. The summed E-state index contributed by atoms with van der Waals surface area (Å²) in [6.07, 6.45) is 4.38. The molecule has 1 amide bonds. The monoisotopic (exact) mass is 297 g/mol. The molecule has 20 heavy (non-hydrogen) atoms. The number of hydrogen-bond donors (Lipinski definition) is 2. The molecule has 0 spiro atoms. The van der Waals surface area contributed by atoms with Gasteiger partial charge in [-0.25, -0.2) is 0 Å². The summed E-state index contributed by atoms with van der Waals surface area (Å²) in [7, 11) is 2.02. The van der Waals surface area contributed by atoms with E-state index in [0.29, 0.717) is 5.13 Å². The first-order valence-corrected chi connectivity index (χ1v) is 7.83. The van der Waals surface area contributed by atoms with Crippen molar-refractivity contribution in [2.75, 3.05) is 19.3 Å². The summed E-state index contributed by atoms with van der Waals surface area (Å²) in [5, 5.41) is 12.1. The Labute approximate surface area is 123 Å². The lowest BCUT2D eigenvalue weighted by atomic mass is 10.0. The maximum absolute atomic E-state index is 12.5. The van der Waals surface area contributed by atoms with Crippen LogP contribution < -0.4 is 11.1 Å². The fourth-order valence-electron chi connectivity index (χ4n) is 2.52. The van der Waals surface area contributed by atoms with Gasteiger partial charge in [-0.05, 0) is 40.3 Å². The highest BCUT2D eigenvalue weighted by atomic mass is 32.1. The van der Waals surface area contributed by atoms with Gasteiger partial charge in [-0.15, -0.1) is 10.2 Å². The van der Waals surface area contributed by atoms with E-state index in [1.54, 1.807) is 0 Å². The number of nitrogens with zero attached hydrogens (tertiary/aromatic N) is 3. The topological polar surface area (TPSA) is 84.1 Å². The molecule has 0 unspecified atom stereocenters. The third-order valence-corrected chi connectivity index (χ3v) is 4.81. The maximum Gasteiger partial charge on any atom is 0.238 e. The number of rotatable bonds is 3. The summed E-state index contributed by atoms with van der Waals surface area (Å²) < 4.78 is 0. The van der Waals surface area contributed by atoms with Gasteiger partial charge in [-0.2, -0.15) is 0 Å². The van der Waals surface area contributed by atoms with Crippen molar-refractivity contribution >= 4 is 22.4 Å². The highest BCUT2D eigenvalue weighted by Crippen LogP contribution is 2.25. The van der Waals surface area contributed by atoms with Crippen molar-refractivity contribution < 1.29 is 4.79 Å². The molecule has 1 fully saturated rings. The fourth-order valence-corrected chi connectivity index (χ4v) is 3.18. The lowest BCUT2D eigenvalue weighted by Crippen LogP contribution is -2.50. The standard InChI is InChI=1S/C13H23N5OS/c1-13(2,11-16-17-12(14)20-11)15-10(19)9-7-5-4-6-8-18(9)3/h9H,4-8H2,1-3H3,(H2,14,17)(H,15,19)/t9-/m0/s1. The first-order valence-electron chi connectivity index (χ1n) is 7.02. The smallest absolute Gasteiger partial charge is 0.238 e. The van der Waals surface area contributed by atoms with Gasteiger partial charge in [0.05, 0.1) is 11.6 Å². The molecule has 0 bridgehead atoms. The van der Waals surface area contributed by atoms with Crippen molar-refractivity contribution in [3.63, 3.8) is 0 Å². The van der Waals surface area contributed by atoms with E-state index in [1.165, 1.54) is 17.8 Å². The van der Waals surface area contributed by atoms with E-state index >= 15 is 0 Å². The second-order valence-corrected chi connectivity index (χ2v) is 6.91. The Kier molecular flexibility index (Phi) is 4.59. The molecule has 1 aliphatic heterocycles. The van der Waals surface area contributed by atoms with Crippen molar-refractivity contribution in [3.8, 4) is 0 Å². The normalized spacial score (nSPS) is 21.4. The Morgan fingerprint density at radius 2 is 2.15 bits per heavy atom. The van der Waals surface area contributed by atoms with Crippen molar-refractivity contribution in [3.05, 3.63) is 5.01 Å². The number of anilines is 1. The number of likely N-dealkylation sites (N-methyl/N-ethyl adjacent to an activating group) is 1. The van der Waals surface area contributed by atoms with Crippen molar-refractivity contribution in [1.82, 2.24) is 20.4 Å². The van der Waals surface area contributed by atoms with E-state index in [9.17, 15) is 4.79 Å². The van der Waals surface area contributed by atoms with E-state index in [4.69, 9.17) is 5.73 Å². The minimum Gasteiger partial charge on any atom is -0.374 e. The molecule has 7 heteroatoms. The highest BCUT2D eigenvalue weighted by molar-refractivity contribution is 7.15. The Morgan fingerprint density at radius 1 is 1.40 bits per heavy atom.